The first kappa shape index (κ1) is 14.6. The summed E-state index contributed by atoms with van der Waals surface area (Å²) in [6.45, 7) is 0.405. The van der Waals surface area contributed by atoms with E-state index in [1.807, 2.05) is 34.9 Å². The summed E-state index contributed by atoms with van der Waals surface area (Å²) >= 11 is 0. The van der Waals surface area contributed by atoms with Gasteiger partial charge in [0.15, 0.2) is 18.2 Å². The highest BCUT2D eigenvalue weighted by molar-refractivity contribution is 5.97. The number of nitrogens with one attached hydrogen (secondary N) is 1. The number of aromatic nitrogens is 4. The molecule has 1 amide bonds. The minimum absolute atomic E-state index is 0.0357. The lowest BCUT2D eigenvalue weighted by Crippen LogP contribution is -2.25. The Kier molecular flexibility index (Phi) is 3.21. The van der Waals surface area contributed by atoms with Crippen LogP contribution >= 0.6 is 0 Å². The molecule has 0 radical (unpaired) electrons. The molecule has 2 aromatic heterocycles. The molecule has 5 rings (SSSR count). The molecule has 1 aliphatic heterocycles. The maximum atomic E-state index is 11.5. The molecular formula is C18H13N5O3. The van der Waals surface area contributed by atoms with Crippen molar-refractivity contribution in [3.8, 4) is 17.2 Å². The van der Waals surface area contributed by atoms with Gasteiger partial charge in [-0.1, -0.05) is 23.4 Å². The van der Waals surface area contributed by atoms with Crippen molar-refractivity contribution >= 4 is 22.6 Å². The van der Waals surface area contributed by atoms with Gasteiger partial charge < -0.3 is 19.1 Å². The predicted molar refractivity (Wildman–Crippen MR) is 92.7 cm³/mol. The quantitative estimate of drug-likeness (QED) is 0.612. The van der Waals surface area contributed by atoms with Gasteiger partial charge in [-0.15, -0.1) is 0 Å². The van der Waals surface area contributed by atoms with Crippen LogP contribution in [-0.2, 0) is 11.3 Å². The number of benzene rings is 2. The van der Waals surface area contributed by atoms with Gasteiger partial charge in [0, 0.05) is 0 Å². The van der Waals surface area contributed by atoms with Gasteiger partial charge in [-0.3, -0.25) is 4.79 Å². The minimum Gasteiger partial charge on any atom is -0.481 e. The monoisotopic (exact) mass is 347 g/mol. The normalized spacial score (nSPS) is 13.3. The van der Waals surface area contributed by atoms with Crippen molar-refractivity contribution in [2.75, 3.05) is 11.9 Å². The highest BCUT2D eigenvalue weighted by Gasteiger charge is 2.22. The highest BCUT2D eigenvalue weighted by Crippen LogP contribution is 2.37. The summed E-state index contributed by atoms with van der Waals surface area (Å²) in [6.07, 6.45) is 1.75. The molecular weight excluding hydrogens is 334 g/mol. The highest BCUT2D eigenvalue weighted by atomic mass is 16.5. The van der Waals surface area contributed by atoms with Gasteiger partial charge >= 0.3 is 0 Å². The molecule has 0 atom stereocenters. The molecule has 1 N–H and O–H groups in total. The van der Waals surface area contributed by atoms with E-state index in [1.54, 1.807) is 18.5 Å². The Morgan fingerprint density at radius 3 is 3.04 bits per heavy atom. The SMILES string of the molecule is O=C1COc2c(cccc2-c2nc(Cn3cnc4ccccc43)no2)N1. The van der Waals surface area contributed by atoms with Gasteiger partial charge in [0.2, 0.25) is 0 Å². The van der Waals surface area contributed by atoms with Crippen molar-refractivity contribution in [2.45, 2.75) is 6.54 Å². The summed E-state index contributed by atoms with van der Waals surface area (Å²) in [6, 6.07) is 13.2. The van der Waals surface area contributed by atoms with Crippen LogP contribution in [-0.4, -0.2) is 32.2 Å². The second kappa shape index (κ2) is 5.69. The van der Waals surface area contributed by atoms with E-state index in [4.69, 9.17) is 9.26 Å². The fourth-order valence-corrected chi connectivity index (χ4v) is 3.00. The number of carbonyl (C=O) groups is 1. The summed E-state index contributed by atoms with van der Waals surface area (Å²) < 4.78 is 12.9. The van der Waals surface area contributed by atoms with E-state index in [9.17, 15) is 4.79 Å². The second-order valence-electron chi connectivity index (χ2n) is 5.90. The molecule has 0 saturated heterocycles. The Labute approximate surface area is 147 Å². The first-order valence-corrected chi connectivity index (χ1v) is 8.06. The Hall–Kier alpha value is -3.68. The number of fused-ring (bicyclic) bond motifs is 2. The largest absolute Gasteiger partial charge is 0.481 e. The van der Waals surface area contributed by atoms with Crippen LogP contribution in [0.25, 0.3) is 22.5 Å². The standard InChI is InChI=1S/C18H13N5O3/c24-16-9-25-17-11(4-3-6-13(17)20-16)18-21-15(22-26-18)8-23-10-19-12-5-1-2-7-14(12)23/h1-7,10H,8-9H2,(H,20,24). The van der Waals surface area contributed by atoms with E-state index >= 15 is 0 Å². The molecule has 0 fully saturated rings. The number of hydrogen-bond donors (Lipinski definition) is 1. The molecule has 1 aliphatic rings. The van der Waals surface area contributed by atoms with E-state index < -0.39 is 0 Å². The van der Waals surface area contributed by atoms with Gasteiger partial charge in [0.1, 0.15) is 0 Å². The summed E-state index contributed by atoms with van der Waals surface area (Å²) in [7, 11) is 0. The molecule has 2 aromatic carbocycles. The third kappa shape index (κ3) is 2.39. The number of ether oxygens (including phenoxy) is 1. The van der Waals surface area contributed by atoms with Gasteiger partial charge in [0.05, 0.1) is 35.2 Å². The van der Waals surface area contributed by atoms with E-state index in [-0.39, 0.29) is 12.5 Å². The third-order valence-corrected chi connectivity index (χ3v) is 4.17. The number of amides is 1. The van der Waals surface area contributed by atoms with Crippen LogP contribution < -0.4 is 10.1 Å². The van der Waals surface area contributed by atoms with Crippen molar-refractivity contribution in [3.63, 3.8) is 0 Å². The molecule has 8 heteroatoms. The van der Waals surface area contributed by atoms with E-state index in [2.05, 4.69) is 20.4 Å². The van der Waals surface area contributed by atoms with E-state index in [1.165, 1.54) is 0 Å². The molecule has 0 spiro atoms. The van der Waals surface area contributed by atoms with Gasteiger partial charge in [-0.25, -0.2) is 4.98 Å². The summed E-state index contributed by atoms with van der Waals surface area (Å²) in [5.41, 5.74) is 3.16. The van der Waals surface area contributed by atoms with Crippen molar-refractivity contribution in [1.29, 1.82) is 0 Å². The van der Waals surface area contributed by atoms with Crippen molar-refractivity contribution in [3.05, 3.63) is 54.6 Å². The Bertz CT molecular complexity index is 1130. The number of carbonyl (C=O) groups excluding carboxylic acids is 1. The number of rotatable bonds is 3. The Morgan fingerprint density at radius 1 is 1.15 bits per heavy atom. The summed E-state index contributed by atoms with van der Waals surface area (Å²) in [5.74, 6) is 1.22. The van der Waals surface area contributed by atoms with Crippen molar-refractivity contribution in [1.82, 2.24) is 19.7 Å². The average molecular weight is 347 g/mol. The summed E-state index contributed by atoms with van der Waals surface area (Å²) in [4.78, 5) is 20.3. The second-order valence-corrected chi connectivity index (χ2v) is 5.90. The number of anilines is 1. The number of hydrogen-bond acceptors (Lipinski definition) is 6. The van der Waals surface area contributed by atoms with Crippen LogP contribution in [0.5, 0.6) is 5.75 Å². The topological polar surface area (TPSA) is 95.1 Å². The van der Waals surface area contributed by atoms with Crippen LogP contribution in [0.15, 0.2) is 53.3 Å². The van der Waals surface area contributed by atoms with E-state index in [0.29, 0.717) is 35.3 Å². The maximum Gasteiger partial charge on any atom is 0.262 e. The molecule has 8 nitrogen and oxygen atoms in total. The zero-order valence-electron chi connectivity index (χ0n) is 13.5. The first-order valence-electron chi connectivity index (χ1n) is 8.06. The molecule has 0 unspecified atom stereocenters. The fraction of sp³-hybridized carbons (Fsp3) is 0.111. The van der Waals surface area contributed by atoms with Crippen molar-refractivity contribution in [2.24, 2.45) is 0 Å². The first-order chi connectivity index (χ1) is 12.8. The number of para-hydroxylation sites is 3. The van der Waals surface area contributed by atoms with Crippen molar-refractivity contribution < 1.29 is 14.1 Å². The molecule has 26 heavy (non-hydrogen) atoms. The zero-order chi connectivity index (χ0) is 17.5. The number of imidazole rings is 1. The lowest BCUT2D eigenvalue weighted by molar-refractivity contribution is -0.118. The lowest BCUT2D eigenvalue weighted by atomic mass is 10.1. The van der Waals surface area contributed by atoms with Crippen LogP contribution in [0, 0.1) is 0 Å². The molecule has 0 aliphatic carbocycles. The van der Waals surface area contributed by atoms with Gasteiger partial charge in [-0.2, -0.15) is 4.98 Å². The van der Waals surface area contributed by atoms with Gasteiger partial charge in [0.25, 0.3) is 11.8 Å². The molecule has 3 heterocycles. The van der Waals surface area contributed by atoms with E-state index in [0.717, 1.165) is 11.0 Å². The summed E-state index contributed by atoms with van der Waals surface area (Å²) in [5, 5.41) is 6.83. The predicted octanol–water partition coefficient (Wildman–Crippen LogP) is 2.47. The van der Waals surface area contributed by atoms with Crippen LogP contribution in [0.3, 0.4) is 0 Å². The third-order valence-electron chi connectivity index (χ3n) is 4.17. The molecule has 128 valence electrons. The van der Waals surface area contributed by atoms with Crippen LogP contribution in [0.4, 0.5) is 5.69 Å². The molecule has 4 aromatic rings. The van der Waals surface area contributed by atoms with Gasteiger partial charge in [-0.05, 0) is 24.3 Å². The molecule has 0 saturated carbocycles. The average Bonchev–Trinajstić information content (AvgIpc) is 3.29. The van der Waals surface area contributed by atoms with Crippen LogP contribution in [0.2, 0.25) is 0 Å². The Morgan fingerprint density at radius 2 is 2.08 bits per heavy atom. The number of nitrogens with zero attached hydrogens (tertiary/aromatic N) is 4. The Balaban J connectivity index is 1.48. The smallest absolute Gasteiger partial charge is 0.262 e. The molecule has 0 bridgehead atoms. The zero-order valence-corrected chi connectivity index (χ0v) is 13.5. The fourth-order valence-electron chi connectivity index (χ4n) is 3.00. The lowest BCUT2D eigenvalue weighted by Gasteiger charge is -2.19. The maximum absolute atomic E-state index is 11.5. The van der Waals surface area contributed by atoms with Crippen LogP contribution in [0.1, 0.15) is 5.82 Å². The minimum atomic E-state index is -0.187.